The number of carbonyl (C=O) groups is 3. The van der Waals surface area contributed by atoms with Crippen molar-refractivity contribution in [1.82, 2.24) is 15.2 Å². The zero-order valence-corrected chi connectivity index (χ0v) is 25.9. The number of urea groups is 1. The second kappa shape index (κ2) is 11.4. The Hall–Kier alpha value is -5.16. The van der Waals surface area contributed by atoms with Crippen LogP contribution in [-0.4, -0.2) is 40.9 Å². The topological polar surface area (TPSA) is 113 Å². The van der Waals surface area contributed by atoms with Crippen LogP contribution in [0.2, 0.25) is 0 Å². The summed E-state index contributed by atoms with van der Waals surface area (Å²) < 4.78 is 11.5. The SMILES string of the molecule is CC1=C(C(=O)N2CCCC(NC(=O)c3sc4nccc5c4c3NC(=O)N5c3ccc(Oc4ccccc4)cc3C)=C2C)CCO1. The highest BCUT2D eigenvalue weighted by Gasteiger charge is 2.34. The normalized spacial score (nSPS) is 16.2. The molecule has 4 aromatic rings. The lowest BCUT2D eigenvalue weighted by Gasteiger charge is -2.31. The third kappa shape index (κ3) is 5.08. The van der Waals surface area contributed by atoms with Gasteiger partial charge in [0, 0.05) is 30.6 Å². The van der Waals surface area contributed by atoms with Crippen LogP contribution in [0.4, 0.5) is 21.9 Å². The van der Waals surface area contributed by atoms with Crippen molar-refractivity contribution in [1.29, 1.82) is 0 Å². The zero-order valence-electron chi connectivity index (χ0n) is 25.1. The lowest BCUT2D eigenvalue weighted by molar-refractivity contribution is -0.125. The Morgan fingerprint density at radius 1 is 1.02 bits per heavy atom. The van der Waals surface area contributed by atoms with E-state index in [1.165, 1.54) is 11.3 Å². The van der Waals surface area contributed by atoms with Crippen LogP contribution in [0.3, 0.4) is 0 Å². The summed E-state index contributed by atoms with van der Waals surface area (Å²) >= 11 is 1.22. The van der Waals surface area contributed by atoms with Gasteiger partial charge in [0.1, 0.15) is 27.0 Å². The number of carbonyl (C=O) groups excluding carboxylic acids is 3. The molecule has 4 amide bonds. The van der Waals surface area contributed by atoms with E-state index in [-0.39, 0.29) is 17.8 Å². The fourth-order valence-electron chi connectivity index (χ4n) is 6.07. The molecule has 0 unspecified atom stereocenters. The van der Waals surface area contributed by atoms with E-state index in [0.29, 0.717) is 86.6 Å². The van der Waals surface area contributed by atoms with Gasteiger partial charge in [0.25, 0.3) is 11.8 Å². The Morgan fingerprint density at radius 3 is 2.60 bits per heavy atom. The molecular weight excluding hydrogens is 590 g/mol. The average molecular weight is 622 g/mol. The van der Waals surface area contributed by atoms with Gasteiger partial charge in [0.2, 0.25) is 0 Å². The molecule has 2 N–H and O–H groups in total. The van der Waals surface area contributed by atoms with Gasteiger partial charge in [-0.05, 0) is 75.6 Å². The Labute approximate surface area is 263 Å². The maximum Gasteiger partial charge on any atom is 0.331 e. The van der Waals surface area contributed by atoms with Crippen molar-refractivity contribution in [3.05, 3.63) is 94.0 Å². The fourth-order valence-corrected chi connectivity index (χ4v) is 7.08. The highest BCUT2D eigenvalue weighted by atomic mass is 32.1. The van der Waals surface area contributed by atoms with E-state index in [9.17, 15) is 14.4 Å². The average Bonchev–Trinajstić information content (AvgIpc) is 3.63. The minimum atomic E-state index is -0.380. The molecule has 0 radical (unpaired) electrons. The molecule has 228 valence electrons. The van der Waals surface area contributed by atoms with Gasteiger partial charge in [-0.1, -0.05) is 18.2 Å². The number of allylic oxidation sites excluding steroid dienone is 3. The standard InChI is InChI=1S/C34H31N5O5S/c1-19-18-23(44-22-8-5-4-6-9-22)11-12-26(19)39-27-13-15-35-32-28(27)29(37-34(39)42)30(45-32)31(40)36-25-10-7-16-38(20(25)2)33(41)24-14-17-43-21(24)3/h4-6,8-9,11-13,15,18H,7,10,14,16-17H2,1-3H3,(H,36,40)(H,37,42). The number of thiophene rings is 1. The number of pyridine rings is 1. The van der Waals surface area contributed by atoms with Crippen molar-refractivity contribution in [2.75, 3.05) is 23.4 Å². The van der Waals surface area contributed by atoms with Crippen LogP contribution in [-0.2, 0) is 9.53 Å². The van der Waals surface area contributed by atoms with E-state index in [2.05, 4.69) is 15.6 Å². The van der Waals surface area contributed by atoms with Crippen molar-refractivity contribution in [2.24, 2.45) is 0 Å². The van der Waals surface area contributed by atoms with E-state index >= 15 is 0 Å². The second-order valence-corrected chi connectivity index (χ2v) is 12.2. The smallest absolute Gasteiger partial charge is 0.331 e. The maximum atomic E-state index is 13.8. The van der Waals surface area contributed by atoms with Gasteiger partial charge in [0.15, 0.2) is 0 Å². The largest absolute Gasteiger partial charge is 0.497 e. The Balaban J connectivity index is 1.18. The lowest BCUT2D eigenvalue weighted by Crippen LogP contribution is -2.38. The van der Waals surface area contributed by atoms with Crippen LogP contribution < -0.4 is 20.3 Å². The molecule has 11 heteroatoms. The van der Waals surface area contributed by atoms with Crippen molar-refractivity contribution in [3.63, 3.8) is 0 Å². The maximum absolute atomic E-state index is 13.8. The van der Waals surface area contributed by atoms with Crippen molar-refractivity contribution in [2.45, 2.75) is 40.0 Å². The number of ether oxygens (including phenoxy) is 2. The molecule has 0 saturated carbocycles. The van der Waals surface area contributed by atoms with E-state index in [1.54, 1.807) is 22.1 Å². The highest BCUT2D eigenvalue weighted by molar-refractivity contribution is 7.21. The van der Waals surface area contributed by atoms with Crippen LogP contribution in [0.25, 0.3) is 10.2 Å². The van der Waals surface area contributed by atoms with Crippen molar-refractivity contribution >= 4 is 56.5 Å². The minimum absolute atomic E-state index is 0.0814. The van der Waals surface area contributed by atoms with Crippen LogP contribution in [0.1, 0.15) is 48.3 Å². The lowest BCUT2D eigenvalue weighted by atomic mass is 10.1. The Morgan fingerprint density at radius 2 is 1.84 bits per heavy atom. The number of aryl methyl sites for hydroxylation is 1. The molecule has 3 aliphatic rings. The van der Waals surface area contributed by atoms with Gasteiger partial charge in [-0.3, -0.25) is 14.5 Å². The van der Waals surface area contributed by atoms with Crippen LogP contribution in [0, 0.1) is 6.92 Å². The number of hydrogen-bond donors (Lipinski definition) is 2. The highest BCUT2D eigenvalue weighted by Crippen LogP contribution is 2.46. The molecule has 0 saturated heterocycles. The Bertz CT molecular complexity index is 1950. The molecule has 10 nitrogen and oxygen atoms in total. The van der Waals surface area contributed by atoms with Gasteiger partial charge in [0.05, 0.1) is 34.6 Å². The number of anilines is 3. The van der Waals surface area contributed by atoms with Crippen LogP contribution >= 0.6 is 11.3 Å². The first-order valence-electron chi connectivity index (χ1n) is 14.8. The van der Waals surface area contributed by atoms with Gasteiger partial charge in [-0.2, -0.15) is 0 Å². The molecule has 0 spiro atoms. The molecule has 0 fully saturated rings. The third-order valence-electron chi connectivity index (χ3n) is 8.35. The molecule has 0 atom stereocenters. The van der Waals surface area contributed by atoms with Gasteiger partial charge in [-0.15, -0.1) is 11.3 Å². The summed E-state index contributed by atoms with van der Waals surface area (Å²) in [6, 6.07) is 16.5. The number of nitrogens with one attached hydrogen (secondary N) is 2. The predicted molar refractivity (Wildman–Crippen MR) is 173 cm³/mol. The second-order valence-electron chi connectivity index (χ2n) is 11.2. The van der Waals surface area contributed by atoms with E-state index in [4.69, 9.17) is 9.47 Å². The first-order valence-corrected chi connectivity index (χ1v) is 15.6. The van der Waals surface area contributed by atoms with Crippen molar-refractivity contribution in [3.8, 4) is 11.5 Å². The summed E-state index contributed by atoms with van der Waals surface area (Å²) in [5.41, 5.74) is 4.68. The molecule has 5 heterocycles. The molecule has 7 rings (SSSR count). The molecule has 0 bridgehead atoms. The number of aromatic nitrogens is 1. The monoisotopic (exact) mass is 621 g/mol. The summed E-state index contributed by atoms with van der Waals surface area (Å²) in [5.74, 6) is 1.61. The van der Waals surface area contributed by atoms with Gasteiger partial charge >= 0.3 is 6.03 Å². The molecule has 2 aromatic carbocycles. The number of nitrogens with zero attached hydrogens (tertiary/aromatic N) is 3. The fraction of sp³-hybridized carbons (Fsp3) is 0.235. The predicted octanol–water partition coefficient (Wildman–Crippen LogP) is 7.36. The number of rotatable bonds is 6. The molecule has 0 aliphatic carbocycles. The zero-order chi connectivity index (χ0) is 31.2. The van der Waals surface area contributed by atoms with Crippen molar-refractivity contribution < 1.29 is 23.9 Å². The van der Waals surface area contributed by atoms with Gasteiger partial charge in [-0.25, -0.2) is 9.78 Å². The van der Waals surface area contributed by atoms with Crippen LogP contribution in [0.15, 0.2) is 83.5 Å². The number of hydrogen-bond acceptors (Lipinski definition) is 7. The molecule has 2 aromatic heterocycles. The Kier molecular flexibility index (Phi) is 7.25. The summed E-state index contributed by atoms with van der Waals surface area (Å²) in [6.45, 7) is 6.67. The van der Waals surface area contributed by atoms with Crippen LogP contribution in [0.5, 0.6) is 11.5 Å². The first-order chi connectivity index (χ1) is 21.8. The number of benzene rings is 2. The van der Waals surface area contributed by atoms with Gasteiger partial charge < -0.3 is 25.0 Å². The van der Waals surface area contributed by atoms with E-state index in [1.807, 2.05) is 69.3 Å². The quantitative estimate of drug-likeness (QED) is 0.233. The van der Waals surface area contributed by atoms with E-state index < -0.39 is 0 Å². The summed E-state index contributed by atoms with van der Waals surface area (Å²) in [5, 5.41) is 6.71. The van der Waals surface area contributed by atoms with E-state index in [0.717, 1.165) is 17.7 Å². The molecular formula is C34H31N5O5S. The summed E-state index contributed by atoms with van der Waals surface area (Å²) in [4.78, 5) is 49.5. The third-order valence-corrected chi connectivity index (χ3v) is 9.45. The molecule has 3 aliphatic heterocycles. The first kappa shape index (κ1) is 28.6. The number of para-hydroxylation sites is 1. The summed E-state index contributed by atoms with van der Waals surface area (Å²) in [6.07, 6.45) is 3.58. The minimum Gasteiger partial charge on any atom is -0.497 e. The summed E-state index contributed by atoms with van der Waals surface area (Å²) in [7, 11) is 0. The number of amides is 4. The molecule has 45 heavy (non-hydrogen) atoms.